The van der Waals surface area contributed by atoms with Crippen molar-refractivity contribution in [2.45, 2.75) is 83.0 Å². The van der Waals surface area contributed by atoms with Gasteiger partial charge in [-0.05, 0) is 63.1 Å². The lowest BCUT2D eigenvalue weighted by Gasteiger charge is -2.22. The summed E-state index contributed by atoms with van der Waals surface area (Å²) >= 11 is 0. The van der Waals surface area contributed by atoms with E-state index in [0.29, 0.717) is 12.5 Å². The minimum absolute atomic E-state index is 0.0456. The molecule has 2 rings (SSSR count). The number of aliphatic carboxylic acids is 1. The molecule has 198 valence electrons. The quantitative estimate of drug-likeness (QED) is 0.379. The molecule has 3 N–H and O–H groups in total. The molecule has 12 heteroatoms. The van der Waals surface area contributed by atoms with E-state index in [0.717, 1.165) is 30.4 Å². The SMILES string of the molecule is CC(CCc1ccc(OC2CCCC2)cc1)(C(=O)O)S(C)(=O)=O.CCCC.O=C(O)N=NC(=O)O. The molecule has 0 spiro atoms. The first-order valence-electron chi connectivity index (χ1n) is 11.3. The number of carboxylic acid groups (broad SMARTS) is 3. The van der Waals surface area contributed by atoms with E-state index in [1.54, 1.807) is 0 Å². The van der Waals surface area contributed by atoms with Crippen LogP contribution in [0.4, 0.5) is 9.59 Å². The summed E-state index contributed by atoms with van der Waals surface area (Å²) in [4.78, 5) is 30.1. The highest BCUT2D eigenvalue weighted by molar-refractivity contribution is 7.92. The average molecular weight is 517 g/mol. The molecule has 0 saturated heterocycles. The van der Waals surface area contributed by atoms with E-state index in [-0.39, 0.29) is 6.42 Å². The summed E-state index contributed by atoms with van der Waals surface area (Å²) in [6, 6.07) is 7.47. The molecule has 35 heavy (non-hydrogen) atoms. The Morgan fingerprint density at radius 3 is 1.77 bits per heavy atom. The number of benzene rings is 1. The molecule has 0 radical (unpaired) electrons. The van der Waals surface area contributed by atoms with Crippen LogP contribution in [0, 0.1) is 0 Å². The van der Waals surface area contributed by atoms with Crippen LogP contribution in [0.1, 0.15) is 71.3 Å². The third kappa shape index (κ3) is 12.9. The fraction of sp³-hybridized carbons (Fsp3) is 0.609. The summed E-state index contributed by atoms with van der Waals surface area (Å²) in [6.45, 7) is 5.63. The largest absolute Gasteiger partial charge is 0.490 e. The number of carbonyl (C=O) groups is 3. The van der Waals surface area contributed by atoms with Crippen LogP contribution in [0.15, 0.2) is 34.5 Å². The lowest BCUT2D eigenvalue weighted by Crippen LogP contribution is -2.43. The van der Waals surface area contributed by atoms with Gasteiger partial charge in [-0.25, -0.2) is 18.0 Å². The summed E-state index contributed by atoms with van der Waals surface area (Å²) in [5.74, 6) is -0.494. The maximum atomic E-state index is 11.8. The molecular weight excluding hydrogens is 480 g/mol. The molecule has 0 aliphatic heterocycles. The Morgan fingerprint density at radius 2 is 1.43 bits per heavy atom. The molecule has 1 unspecified atom stereocenters. The molecule has 1 aromatic carbocycles. The highest BCUT2D eigenvalue weighted by atomic mass is 32.2. The van der Waals surface area contributed by atoms with E-state index >= 15 is 0 Å². The van der Waals surface area contributed by atoms with Gasteiger partial charge in [0, 0.05) is 6.26 Å². The highest BCUT2D eigenvalue weighted by Gasteiger charge is 2.43. The molecule has 1 aliphatic carbocycles. The van der Waals surface area contributed by atoms with Crippen molar-refractivity contribution < 1.29 is 42.9 Å². The van der Waals surface area contributed by atoms with Crippen molar-refractivity contribution in [2.24, 2.45) is 10.2 Å². The summed E-state index contributed by atoms with van der Waals surface area (Å²) < 4.78 is 27.6. The van der Waals surface area contributed by atoms with Crippen molar-refractivity contribution in [1.82, 2.24) is 0 Å². The van der Waals surface area contributed by atoms with Gasteiger partial charge in [-0.2, -0.15) is 0 Å². The maximum absolute atomic E-state index is 11.8. The second-order valence-electron chi connectivity index (χ2n) is 8.24. The van der Waals surface area contributed by atoms with Crippen LogP contribution in [0.5, 0.6) is 5.75 Å². The molecule has 1 aromatic rings. The van der Waals surface area contributed by atoms with E-state index in [4.69, 9.17) is 14.9 Å². The van der Waals surface area contributed by atoms with Crippen molar-refractivity contribution in [3.8, 4) is 5.75 Å². The standard InChI is InChI=1S/C17H24O5S.C4H10.C2H2N2O4/c1-17(16(18)19,23(2,20)21)12-11-13-7-9-15(10-8-13)22-14-5-3-4-6-14;1-3-4-2;5-1(6)3-4-2(7)8/h7-10,14H,3-6,11-12H2,1-2H3,(H,18,19);3-4H2,1-2H3;(H,5,6)(H,7,8). The van der Waals surface area contributed by atoms with E-state index in [2.05, 4.69) is 24.1 Å². The Balaban J connectivity index is 0.000000801. The zero-order valence-corrected chi connectivity index (χ0v) is 21.5. The van der Waals surface area contributed by atoms with Gasteiger partial charge >= 0.3 is 18.2 Å². The summed E-state index contributed by atoms with van der Waals surface area (Å²) in [6.07, 6.45) is 5.70. The van der Waals surface area contributed by atoms with Gasteiger partial charge in [-0.1, -0.05) is 49.1 Å². The predicted molar refractivity (Wildman–Crippen MR) is 130 cm³/mol. The molecule has 0 bridgehead atoms. The number of sulfone groups is 1. The highest BCUT2D eigenvalue weighted by Crippen LogP contribution is 2.26. The summed E-state index contributed by atoms with van der Waals surface area (Å²) in [5.41, 5.74) is 0.903. The van der Waals surface area contributed by atoms with Crippen LogP contribution in [0.25, 0.3) is 0 Å². The van der Waals surface area contributed by atoms with Gasteiger partial charge in [0.15, 0.2) is 14.6 Å². The van der Waals surface area contributed by atoms with Crippen molar-refractivity contribution in [3.05, 3.63) is 29.8 Å². The van der Waals surface area contributed by atoms with Crippen LogP contribution in [-0.2, 0) is 21.1 Å². The molecule has 2 amide bonds. The number of hydrogen-bond donors (Lipinski definition) is 3. The van der Waals surface area contributed by atoms with Crippen LogP contribution in [0.2, 0.25) is 0 Å². The van der Waals surface area contributed by atoms with Crippen LogP contribution < -0.4 is 4.74 Å². The third-order valence-electron chi connectivity index (χ3n) is 5.41. The van der Waals surface area contributed by atoms with Gasteiger partial charge in [0.1, 0.15) is 5.75 Å². The normalized spacial score (nSPS) is 15.2. The van der Waals surface area contributed by atoms with E-state index in [9.17, 15) is 27.9 Å². The Hall–Kier alpha value is -3.02. The molecule has 11 nitrogen and oxygen atoms in total. The first-order chi connectivity index (χ1) is 16.3. The molecule has 0 aromatic heterocycles. The lowest BCUT2D eigenvalue weighted by atomic mass is 10.0. The van der Waals surface area contributed by atoms with Crippen LogP contribution in [-0.4, -0.2) is 59.0 Å². The second-order valence-corrected chi connectivity index (χ2v) is 10.7. The molecular formula is C23H36N2O9S. The number of amides is 2. The molecule has 1 atom stereocenters. The topological polar surface area (TPSA) is 180 Å². The number of nitrogens with zero attached hydrogens (tertiary/aromatic N) is 2. The number of azo groups is 1. The Bertz CT molecular complexity index is 922. The number of hydrogen-bond acceptors (Lipinski definition) is 6. The number of aryl methyl sites for hydroxylation is 1. The zero-order valence-electron chi connectivity index (χ0n) is 20.6. The Labute approximate surface area is 206 Å². The van der Waals surface area contributed by atoms with Gasteiger partial charge in [-0.15, -0.1) is 0 Å². The van der Waals surface area contributed by atoms with E-state index < -0.39 is 32.7 Å². The van der Waals surface area contributed by atoms with Gasteiger partial charge in [0.25, 0.3) is 0 Å². The minimum Gasteiger partial charge on any atom is -0.490 e. The fourth-order valence-corrected chi connectivity index (χ4v) is 3.64. The van der Waals surface area contributed by atoms with Gasteiger partial charge < -0.3 is 20.1 Å². The number of ether oxygens (including phenoxy) is 1. The van der Waals surface area contributed by atoms with Crippen molar-refractivity contribution >= 4 is 28.0 Å². The molecule has 0 heterocycles. The first kappa shape index (κ1) is 32.0. The Morgan fingerprint density at radius 1 is 0.971 bits per heavy atom. The second kappa shape index (κ2) is 15.8. The van der Waals surface area contributed by atoms with E-state index in [1.165, 1.54) is 32.6 Å². The van der Waals surface area contributed by atoms with Gasteiger partial charge in [0.05, 0.1) is 6.10 Å². The van der Waals surface area contributed by atoms with Crippen molar-refractivity contribution in [3.63, 3.8) is 0 Å². The minimum atomic E-state index is -3.68. The van der Waals surface area contributed by atoms with Crippen molar-refractivity contribution in [2.75, 3.05) is 6.26 Å². The van der Waals surface area contributed by atoms with Crippen molar-refractivity contribution in [1.29, 1.82) is 0 Å². The number of carboxylic acids is 1. The summed E-state index contributed by atoms with van der Waals surface area (Å²) in [7, 11) is -3.68. The van der Waals surface area contributed by atoms with Gasteiger partial charge in [0.2, 0.25) is 0 Å². The average Bonchev–Trinajstić information content (AvgIpc) is 3.29. The maximum Gasteiger partial charge on any atom is 0.450 e. The fourth-order valence-electron chi connectivity index (χ4n) is 2.85. The number of unbranched alkanes of at least 4 members (excludes halogenated alkanes) is 1. The smallest absolute Gasteiger partial charge is 0.450 e. The van der Waals surface area contributed by atoms with Crippen LogP contribution >= 0.6 is 0 Å². The first-order valence-corrected chi connectivity index (χ1v) is 13.2. The molecule has 1 aliphatic rings. The van der Waals surface area contributed by atoms with Gasteiger partial charge in [-0.3, -0.25) is 4.79 Å². The third-order valence-corrected chi connectivity index (χ3v) is 7.43. The predicted octanol–water partition coefficient (Wildman–Crippen LogP) is 5.43. The Kier molecular flexibility index (Phi) is 14.4. The monoisotopic (exact) mass is 516 g/mol. The summed E-state index contributed by atoms with van der Waals surface area (Å²) in [5, 5.41) is 29.1. The van der Waals surface area contributed by atoms with E-state index in [1.807, 2.05) is 24.3 Å². The number of rotatable bonds is 8. The zero-order chi connectivity index (χ0) is 27.1. The van der Waals surface area contributed by atoms with Crippen LogP contribution in [0.3, 0.4) is 0 Å². The molecule has 1 fully saturated rings. The lowest BCUT2D eigenvalue weighted by molar-refractivity contribution is -0.139. The molecule has 1 saturated carbocycles.